The van der Waals surface area contributed by atoms with Crippen molar-refractivity contribution in [1.82, 2.24) is 10.2 Å². The fourth-order valence-electron chi connectivity index (χ4n) is 4.12. The summed E-state index contributed by atoms with van der Waals surface area (Å²) in [7, 11) is 0. The first-order valence-electron chi connectivity index (χ1n) is 8.00. The Bertz CT molecular complexity index is 247. The standard InChI is InChI=1S/C15H28N2O/c1-2-5-13(4-1)15-6-3-9-17(15)10-7-14-12-16-8-11-18-14/h13-16H,1-12H2. The maximum atomic E-state index is 5.81. The lowest BCUT2D eigenvalue weighted by molar-refractivity contribution is 0.0150. The van der Waals surface area contributed by atoms with Crippen molar-refractivity contribution in [3.8, 4) is 0 Å². The van der Waals surface area contributed by atoms with E-state index in [4.69, 9.17) is 4.74 Å². The fraction of sp³-hybridized carbons (Fsp3) is 1.00. The van der Waals surface area contributed by atoms with Crippen LogP contribution in [0.2, 0.25) is 0 Å². The molecule has 0 radical (unpaired) electrons. The van der Waals surface area contributed by atoms with Crippen molar-refractivity contribution < 1.29 is 4.74 Å². The van der Waals surface area contributed by atoms with Crippen molar-refractivity contribution in [3.05, 3.63) is 0 Å². The average Bonchev–Trinajstić information content (AvgIpc) is 3.08. The number of morpholine rings is 1. The normalized spacial score (nSPS) is 35.3. The highest BCUT2D eigenvalue weighted by molar-refractivity contribution is 4.88. The fourth-order valence-corrected chi connectivity index (χ4v) is 4.12. The molecule has 0 spiro atoms. The second kappa shape index (κ2) is 6.36. The lowest BCUT2D eigenvalue weighted by atomic mass is 9.96. The first kappa shape index (κ1) is 12.9. The Morgan fingerprint density at radius 1 is 1.11 bits per heavy atom. The van der Waals surface area contributed by atoms with Gasteiger partial charge >= 0.3 is 0 Å². The summed E-state index contributed by atoms with van der Waals surface area (Å²) in [6, 6.07) is 0.907. The summed E-state index contributed by atoms with van der Waals surface area (Å²) < 4.78 is 5.81. The molecule has 0 amide bonds. The highest BCUT2D eigenvalue weighted by atomic mass is 16.5. The molecule has 1 saturated carbocycles. The Balaban J connectivity index is 1.45. The molecule has 1 N–H and O–H groups in total. The molecule has 0 bridgehead atoms. The third-order valence-corrected chi connectivity index (χ3v) is 5.10. The lowest BCUT2D eigenvalue weighted by Crippen LogP contribution is -2.42. The molecule has 2 heterocycles. The maximum absolute atomic E-state index is 5.81. The Hall–Kier alpha value is -0.120. The zero-order chi connectivity index (χ0) is 12.2. The quantitative estimate of drug-likeness (QED) is 0.828. The summed E-state index contributed by atoms with van der Waals surface area (Å²) in [4.78, 5) is 2.77. The predicted octanol–water partition coefficient (Wildman–Crippen LogP) is 2.02. The van der Waals surface area contributed by atoms with Crippen LogP contribution in [0, 0.1) is 5.92 Å². The molecular weight excluding hydrogens is 224 g/mol. The molecule has 2 unspecified atom stereocenters. The van der Waals surface area contributed by atoms with Crippen molar-refractivity contribution in [2.75, 3.05) is 32.8 Å². The van der Waals surface area contributed by atoms with E-state index in [1.165, 1.54) is 58.0 Å². The van der Waals surface area contributed by atoms with Gasteiger partial charge in [-0.2, -0.15) is 0 Å². The Morgan fingerprint density at radius 3 is 2.78 bits per heavy atom. The van der Waals surface area contributed by atoms with Gasteiger partial charge < -0.3 is 15.0 Å². The van der Waals surface area contributed by atoms with Crippen LogP contribution < -0.4 is 5.32 Å². The third-order valence-electron chi connectivity index (χ3n) is 5.10. The van der Waals surface area contributed by atoms with E-state index in [-0.39, 0.29) is 0 Å². The van der Waals surface area contributed by atoms with Crippen LogP contribution in [-0.4, -0.2) is 49.8 Å². The summed E-state index contributed by atoms with van der Waals surface area (Å²) in [6.07, 6.45) is 10.5. The van der Waals surface area contributed by atoms with E-state index in [0.29, 0.717) is 6.10 Å². The van der Waals surface area contributed by atoms with Gasteiger partial charge in [0.1, 0.15) is 0 Å². The van der Waals surface area contributed by atoms with Gasteiger partial charge in [-0.1, -0.05) is 12.8 Å². The Labute approximate surface area is 111 Å². The van der Waals surface area contributed by atoms with Crippen molar-refractivity contribution in [2.24, 2.45) is 5.92 Å². The molecular formula is C15H28N2O. The monoisotopic (exact) mass is 252 g/mol. The third kappa shape index (κ3) is 3.06. The lowest BCUT2D eigenvalue weighted by Gasteiger charge is -2.31. The van der Waals surface area contributed by atoms with Gasteiger partial charge in [0.05, 0.1) is 12.7 Å². The predicted molar refractivity (Wildman–Crippen MR) is 73.8 cm³/mol. The van der Waals surface area contributed by atoms with E-state index in [2.05, 4.69) is 10.2 Å². The van der Waals surface area contributed by atoms with Crippen LogP contribution in [-0.2, 0) is 4.74 Å². The molecule has 3 nitrogen and oxygen atoms in total. The molecule has 3 heteroatoms. The molecule has 104 valence electrons. The van der Waals surface area contributed by atoms with E-state index in [1.807, 2.05) is 0 Å². The Morgan fingerprint density at radius 2 is 2.00 bits per heavy atom. The smallest absolute Gasteiger partial charge is 0.0712 e. The summed E-state index contributed by atoms with van der Waals surface area (Å²) in [5.41, 5.74) is 0. The second-order valence-electron chi connectivity index (χ2n) is 6.28. The molecule has 0 aromatic heterocycles. The largest absolute Gasteiger partial charge is 0.376 e. The van der Waals surface area contributed by atoms with Gasteiger partial charge in [-0.3, -0.25) is 0 Å². The van der Waals surface area contributed by atoms with Gasteiger partial charge in [-0.25, -0.2) is 0 Å². The number of nitrogens with one attached hydrogen (secondary N) is 1. The summed E-state index contributed by atoms with van der Waals surface area (Å²) in [5, 5.41) is 3.43. The molecule has 3 fully saturated rings. The van der Waals surface area contributed by atoms with E-state index in [9.17, 15) is 0 Å². The highest BCUT2D eigenvalue weighted by Gasteiger charge is 2.33. The molecule has 2 aliphatic heterocycles. The molecule has 3 aliphatic rings. The first-order valence-corrected chi connectivity index (χ1v) is 8.00. The van der Waals surface area contributed by atoms with Crippen LogP contribution in [0.15, 0.2) is 0 Å². The minimum absolute atomic E-state index is 0.462. The van der Waals surface area contributed by atoms with Gasteiger partial charge in [-0.05, 0) is 44.6 Å². The van der Waals surface area contributed by atoms with Crippen molar-refractivity contribution >= 4 is 0 Å². The number of nitrogens with zero attached hydrogens (tertiary/aromatic N) is 1. The van der Waals surface area contributed by atoms with Gasteiger partial charge in [0.25, 0.3) is 0 Å². The maximum Gasteiger partial charge on any atom is 0.0712 e. The highest BCUT2D eigenvalue weighted by Crippen LogP contribution is 2.35. The van der Waals surface area contributed by atoms with Crippen molar-refractivity contribution in [1.29, 1.82) is 0 Å². The van der Waals surface area contributed by atoms with E-state index in [1.54, 1.807) is 0 Å². The number of hydrogen-bond acceptors (Lipinski definition) is 3. The summed E-state index contributed by atoms with van der Waals surface area (Å²) in [5.74, 6) is 1.01. The minimum atomic E-state index is 0.462. The van der Waals surface area contributed by atoms with Crippen LogP contribution in [0.1, 0.15) is 44.9 Å². The number of rotatable bonds is 4. The number of likely N-dealkylation sites (tertiary alicyclic amines) is 1. The zero-order valence-electron chi connectivity index (χ0n) is 11.6. The molecule has 2 saturated heterocycles. The van der Waals surface area contributed by atoms with Crippen LogP contribution in [0.25, 0.3) is 0 Å². The van der Waals surface area contributed by atoms with E-state index >= 15 is 0 Å². The Kier molecular flexibility index (Phi) is 4.55. The number of ether oxygens (including phenoxy) is 1. The van der Waals surface area contributed by atoms with Gasteiger partial charge in [0.2, 0.25) is 0 Å². The van der Waals surface area contributed by atoms with Gasteiger partial charge in [0, 0.05) is 25.7 Å². The van der Waals surface area contributed by atoms with Crippen molar-refractivity contribution in [2.45, 2.75) is 57.1 Å². The van der Waals surface area contributed by atoms with Crippen LogP contribution >= 0.6 is 0 Å². The zero-order valence-corrected chi connectivity index (χ0v) is 11.6. The topological polar surface area (TPSA) is 24.5 Å². The van der Waals surface area contributed by atoms with Gasteiger partial charge in [-0.15, -0.1) is 0 Å². The van der Waals surface area contributed by atoms with Crippen LogP contribution in [0.3, 0.4) is 0 Å². The van der Waals surface area contributed by atoms with Crippen LogP contribution in [0.4, 0.5) is 0 Å². The van der Waals surface area contributed by atoms with Gasteiger partial charge in [0.15, 0.2) is 0 Å². The first-order chi connectivity index (χ1) is 8.93. The van der Waals surface area contributed by atoms with Crippen LogP contribution in [0.5, 0.6) is 0 Å². The molecule has 3 rings (SSSR count). The molecule has 0 aromatic carbocycles. The van der Waals surface area contributed by atoms with E-state index < -0.39 is 0 Å². The van der Waals surface area contributed by atoms with E-state index in [0.717, 1.165) is 31.7 Å². The second-order valence-corrected chi connectivity index (χ2v) is 6.28. The molecule has 2 atom stereocenters. The summed E-state index contributed by atoms with van der Waals surface area (Å²) >= 11 is 0. The minimum Gasteiger partial charge on any atom is -0.376 e. The number of hydrogen-bond donors (Lipinski definition) is 1. The SMILES string of the molecule is C1CCC(C2CCCN2CCC2CNCCO2)C1. The molecule has 1 aliphatic carbocycles. The molecule has 0 aromatic rings. The molecule has 18 heavy (non-hydrogen) atoms. The average molecular weight is 252 g/mol. The van der Waals surface area contributed by atoms with Crippen molar-refractivity contribution in [3.63, 3.8) is 0 Å². The summed E-state index contributed by atoms with van der Waals surface area (Å²) in [6.45, 7) is 5.58.